The number of halogens is 1. The first-order chi connectivity index (χ1) is 9.65. The summed E-state index contributed by atoms with van der Waals surface area (Å²) in [6.07, 6.45) is 2.55. The molecule has 1 N–H and O–H groups in total. The first kappa shape index (κ1) is 13.7. The molecular formula is C17H20ClNO. The van der Waals surface area contributed by atoms with E-state index in [-0.39, 0.29) is 0 Å². The Morgan fingerprint density at radius 3 is 2.80 bits per heavy atom. The molecule has 1 aliphatic rings. The van der Waals surface area contributed by atoms with Crippen LogP contribution in [0.2, 0.25) is 5.02 Å². The monoisotopic (exact) mass is 289 g/mol. The molecule has 1 saturated heterocycles. The van der Waals surface area contributed by atoms with Crippen molar-refractivity contribution in [3.8, 4) is 5.75 Å². The number of rotatable bonds is 2. The maximum Gasteiger partial charge on any atom is 0.127 e. The molecule has 2 aromatic carbocycles. The van der Waals surface area contributed by atoms with Crippen molar-refractivity contribution in [2.75, 3.05) is 13.1 Å². The van der Waals surface area contributed by atoms with Gasteiger partial charge >= 0.3 is 0 Å². The van der Waals surface area contributed by atoms with Gasteiger partial charge in [-0.15, -0.1) is 0 Å². The van der Waals surface area contributed by atoms with Crippen LogP contribution in [0.3, 0.4) is 0 Å². The Hall–Kier alpha value is -1.25. The minimum Gasteiger partial charge on any atom is -0.507 e. The highest BCUT2D eigenvalue weighted by Crippen LogP contribution is 2.35. The van der Waals surface area contributed by atoms with Crippen LogP contribution in [-0.4, -0.2) is 23.1 Å². The standard InChI is InChI=1S/C17H20ClNO/c1-12-5-4-8-19(10-12)11-13-9-16(18)14-6-2-3-7-15(14)17(13)20/h2-3,6-7,9,12,20H,4-5,8,10-11H2,1H3/t12-/m0/s1. The molecule has 0 aromatic heterocycles. The van der Waals surface area contributed by atoms with Crippen molar-refractivity contribution in [3.05, 3.63) is 40.9 Å². The van der Waals surface area contributed by atoms with Crippen LogP contribution in [-0.2, 0) is 6.54 Å². The molecule has 0 bridgehead atoms. The SMILES string of the molecule is C[C@H]1CCCN(Cc2cc(Cl)c3ccccc3c2O)C1. The van der Waals surface area contributed by atoms with Crippen molar-refractivity contribution < 1.29 is 5.11 Å². The zero-order chi connectivity index (χ0) is 14.1. The van der Waals surface area contributed by atoms with E-state index in [1.807, 2.05) is 30.3 Å². The molecule has 1 aliphatic heterocycles. The van der Waals surface area contributed by atoms with E-state index in [2.05, 4.69) is 11.8 Å². The van der Waals surface area contributed by atoms with Gasteiger partial charge in [0.25, 0.3) is 0 Å². The van der Waals surface area contributed by atoms with E-state index >= 15 is 0 Å². The van der Waals surface area contributed by atoms with Crippen LogP contribution in [0.5, 0.6) is 5.75 Å². The maximum atomic E-state index is 10.5. The molecule has 0 radical (unpaired) electrons. The molecule has 2 aromatic rings. The summed E-state index contributed by atoms with van der Waals surface area (Å²) >= 11 is 6.35. The van der Waals surface area contributed by atoms with Crippen LogP contribution in [0.15, 0.2) is 30.3 Å². The summed E-state index contributed by atoms with van der Waals surface area (Å²) in [4.78, 5) is 2.41. The van der Waals surface area contributed by atoms with Crippen LogP contribution in [0, 0.1) is 5.92 Å². The zero-order valence-corrected chi connectivity index (χ0v) is 12.5. The van der Waals surface area contributed by atoms with E-state index in [4.69, 9.17) is 11.6 Å². The number of benzene rings is 2. The highest BCUT2D eigenvalue weighted by Gasteiger charge is 2.18. The van der Waals surface area contributed by atoms with Gasteiger partial charge in [0.15, 0.2) is 0 Å². The van der Waals surface area contributed by atoms with E-state index in [1.54, 1.807) is 0 Å². The normalized spacial score (nSPS) is 20.4. The number of likely N-dealkylation sites (tertiary alicyclic amines) is 1. The zero-order valence-electron chi connectivity index (χ0n) is 11.8. The van der Waals surface area contributed by atoms with Crippen molar-refractivity contribution in [2.24, 2.45) is 5.92 Å². The third-order valence-corrected chi connectivity index (χ3v) is 4.49. The number of hydrogen-bond acceptors (Lipinski definition) is 2. The summed E-state index contributed by atoms with van der Waals surface area (Å²) < 4.78 is 0. The molecule has 106 valence electrons. The lowest BCUT2D eigenvalue weighted by Crippen LogP contribution is -2.33. The van der Waals surface area contributed by atoms with Crippen LogP contribution in [0.4, 0.5) is 0 Å². The average molecular weight is 290 g/mol. The van der Waals surface area contributed by atoms with Crippen molar-refractivity contribution in [1.82, 2.24) is 4.90 Å². The van der Waals surface area contributed by atoms with Crippen molar-refractivity contribution in [1.29, 1.82) is 0 Å². The molecule has 0 spiro atoms. The smallest absolute Gasteiger partial charge is 0.127 e. The van der Waals surface area contributed by atoms with Crippen LogP contribution in [0.25, 0.3) is 10.8 Å². The second kappa shape index (κ2) is 5.63. The van der Waals surface area contributed by atoms with Gasteiger partial charge in [-0.1, -0.05) is 42.8 Å². The molecule has 20 heavy (non-hydrogen) atoms. The molecule has 1 fully saturated rings. The van der Waals surface area contributed by atoms with E-state index in [9.17, 15) is 5.11 Å². The quantitative estimate of drug-likeness (QED) is 0.884. The summed E-state index contributed by atoms with van der Waals surface area (Å²) in [7, 11) is 0. The van der Waals surface area contributed by atoms with E-state index in [1.165, 1.54) is 12.8 Å². The third-order valence-electron chi connectivity index (χ3n) is 4.18. The fourth-order valence-electron chi connectivity index (χ4n) is 3.16. The second-order valence-electron chi connectivity index (χ2n) is 5.89. The number of hydrogen-bond donors (Lipinski definition) is 1. The molecule has 1 atom stereocenters. The van der Waals surface area contributed by atoms with E-state index in [0.717, 1.165) is 46.9 Å². The van der Waals surface area contributed by atoms with Gasteiger partial charge in [-0.25, -0.2) is 0 Å². The third kappa shape index (κ3) is 2.63. The number of fused-ring (bicyclic) bond motifs is 1. The fraction of sp³-hybridized carbons (Fsp3) is 0.412. The number of aromatic hydroxyl groups is 1. The lowest BCUT2D eigenvalue weighted by molar-refractivity contribution is 0.175. The molecule has 0 amide bonds. The maximum absolute atomic E-state index is 10.5. The van der Waals surface area contributed by atoms with Gasteiger partial charge in [-0.3, -0.25) is 4.90 Å². The molecule has 3 rings (SSSR count). The van der Waals surface area contributed by atoms with Gasteiger partial charge in [0, 0.05) is 34.4 Å². The minimum atomic E-state index is 0.378. The summed E-state index contributed by atoms with van der Waals surface area (Å²) in [5, 5.41) is 13.0. The Labute approximate surface area is 125 Å². The summed E-state index contributed by atoms with van der Waals surface area (Å²) in [5.41, 5.74) is 0.933. The average Bonchev–Trinajstić information content (AvgIpc) is 2.45. The fourth-order valence-corrected chi connectivity index (χ4v) is 3.46. The van der Waals surface area contributed by atoms with Crippen molar-refractivity contribution >= 4 is 22.4 Å². The van der Waals surface area contributed by atoms with Gasteiger partial charge in [0.1, 0.15) is 5.75 Å². The molecule has 0 unspecified atom stereocenters. The predicted octanol–water partition coefficient (Wildman–Crippen LogP) is 4.43. The van der Waals surface area contributed by atoms with Gasteiger partial charge in [-0.2, -0.15) is 0 Å². The lowest BCUT2D eigenvalue weighted by atomic mass is 9.99. The van der Waals surface area contributed by atoms with E-state index in [0.29, 0.717) is 5.75 Å². The Kier molecular flexibility index (Phi) is 3.86. The Morgan fingerprint density at radius 2 is 2.05 bits per heavy atom. The van der Waals surface area contributed by atoms with Gasteiger partial charge in [-0.05, 0) is 31.4 Å². The Bertz CT molecular complexity index is 626. The highest BCUT2D eigenvalue weighted by atomic mass is 35.5. The first-order valence-electron chi connectivity index (χ1n) is 7.26. The molecule has 2 nitrogen and oxygen atoms in total. The first-order valence-corrected chi connectivity index (χ1v) is 7.64. The summed E-state index contributed by atoms with van der Waals surface area (Å²) in [6, 6.07) is 9.67. The Balaban J connectivity index is 1.93. The van der Waals surface area contributed by atoms with E-state index < -0.39 is 0 Å². The summed E-state index contributed by atoms with van der Waals surface area (Å²) in [5.74, 6) is 1.12. The number of nitrogens with zero attached hydrogens (tertiary/aromatic N) is 1. The lowest BCUT2D eigenvalue weighted by Gasteiger charge is -2.31. The minimum absolute atomic E-state index is 0.378. The molecular weight excluding hydrogens is 270 g/mol. The van der Waals surface area contributed by atoms with Gasteiger partial charge < -0.3 is 5.11 Å². The van der Waals surface area contributed by atoms with Crippen molar-refractivity contribution in [3.63, 3.8) is 0 Å². The number of piperidine rings is 1. The second-order valence-corrected chi connectivity index (χ2v) is 6.30. The number of phenolic OH excluding ortho intramolecular Hbond substituents is 1. The van der Waals surface area contributed by atoms with Gasteiger partial charge in [0.05, 0.1) is 0 Å². The molecule has 0 saturated carbocycles. The largest absolute Gasteiger partial charge is 0.507 e. The summed E-state index contributed by atoms with van der Waals surface area (Å²) in [6.45, 7) is 5.28. The molecule has 1 heterocycles. The highest BCUT2D eigenvalue weighted by molar-refractivity contribution is 6.35. The van der Waals surface area contributed by atoms with Crippen LogP contribution < -0.4 is 0 Å². The Morgan fingerprint density at radius 1 is 1.30 bits per heavy atom. The van der Waals surface area contributed by atoms with Gasteiger partial charge in [0.2, 0.25) is 0 Å². The van der Waals surface area contributed by atoms with Crippen molar-refractivity contribution in [2.45, 2.75) is 26.3 Å². The van der Waals surface area contributed by atoms with Crippen LogP contribution in [0.1, 0.15) is 25.3 Å². The van der Waals surface area contributed by atoms with Crippen LogP contribution >= 0.6 is 11.6 Å². The molecule has 3 heteroatoms. The predicted molar refractivity (Wildman–Crippen MR) is 84.3 cm³/mol. The topological polar surface area (TPSA) is 23.5 Å². The number of phenols is 1. The molecule has 0 aliphatic carbocycles.